The Morgan fingerprint density at radius 1 is 1.14 bits per heavy atom. The lowest BCUT2D eigenvalue weighted by Crippen LogP contribution is -2.20. The van der Waals surface area contributed by atoms with Crippen LogP contribution in [0.4, 0.5) is 15.8 Å². The fraction of sp³-hybridized carbons (Fsp3) is 0.0667. The van der Waals surface area contributed by atoms with E-state index < -0.39 is 5.82 Å². The molecule has 0 aliphatic carbocycles. The average Bonchev–Trinajstić information content (AvgIpc) is 2.43. The van der Waals surface area contributed by atoms with Gasteiger partial charge in [0.15, 0.2) is 10.9 Å². The molecule has 2 aromatic carbocycles. The molecule has 0 spiro atoms. The molecule has 0 amide bonds. The van der Waals surface area contributed by atoms with Crippen LogP contribution < -0.4 is 10.6 Å². The second-order valence-electron chi connectivity index (χ2n) is 4.46. The molecule has 3 nitrogen and oxygen atoms in total. The lowest BCUT2D eigenvalue weighted by atomic mass is 10.1. The first-order valence-electron chi connectivity index (χ1n) is 6.20. The molecule has 2 rings (SSSR count). The van der Waals surface area contributed by atoms with Gasteiger partial charge in [0.1, 0.15) is 5.82 Å². The van der Waals surface area contributed by atoms with E-state index in [1.807, 2.05) is 0 Å². The largest absolute Gasteiger partial charge is 0.332 e. The number of hydrogen-bond acceptors (Lipinski definition) is 2. The van der Waals surface area contributed by atoms with Crippen LogP contribution in [0.25, 0.3) is 0 Å². The summed E-state index contributed by atoms with van der Waals surface area (Å²) in [5.41, 5.74) is 1.57. The summed E-state index contributed by atoms with van der Waals surface area (Å²) in [5, 5.41) is 5.99. The quantitative estimate of drug-likeness (QED) is 0.492. The van der Waals surface area contributed by atoms with Gasteiger partial charge in [-0.2, -0.15) is 0 Å². The zero-order valence-electron chi connectivity index (χ0n) is 11.4. The molecule has 0 aliphatic heterocycles. The zero-order valence-corrected chi connectivity index (χ0v) is 15.4. The van der Waals surface area contributed by atoms with Crippen LogP contribution in [-0.4, -0.2) is 10.9 Å². The summed E-state index contributed by atoms with van der Waals surface area (Å²) in [6.07, 6.45) is 0. The van der Waals surface area contributed by atoms with Crippen LogP contribution in [0.2, 0.25) is 0 Å². The predicted molar refractivity (Wildman–Crippen MR) is 98.1 cm³/mol. The third-order valence-corrected chi connectivity index (χ3v) is 4.08. The fourth-order valence-electron chi connectivity index (χ4n) is 1.73. The predicted octanol–water partition coefficient (Wildman–Crippen LogP) is 5.36. The molecular formula is C15H11Br2FN2OS. The Hall–Kier alpha value is -1.31. The van der Waals surface area contributed by atoms with E-state index in [0.717, 1.165) is 0 Å². The Labute approximate surface area is 149 Å². The van der Waals surface area contributed by atoms with Crippen molar-refractivity contribution in [3.63, 3.8) is 0 Å². The van der Waals surface area contributed by atoms with Gasteiger partial charge >= 0.3 is 0 Å². The highest BCUT2D eigenvalue weighted by Crippen LogP contribution is 2.29. The van der Waals surface area contributed by atoms with Gasteiger partial charge in [-0.15, -0.1) is 0 Å². The molecule has 0 bridgehead atoms. The second kappa shape index (κ2) is 7.30. The summed E-state index contributed by atoms with van der Waals surface area (Å²) < 4.78 is 15.1. The number of halogens is 3. The molecule has 0 radical (unpaired) electrons. The molecule has 0 aromatic heterocycles. The normalized spacial score (nSPS) is 10.2. The highest BCUT2D eigenvalue weighted by molar-refractivity contribution is 9.11. The van der Waals surface area contributed by atoms with Crippen molar-refractivity contribution in [3.8, 4) is 0 Å². The van der Waals surface area contributed by atoms with Crippen LogP contribution in [0.1, 0.15) is 17.3 Å². The van der Waals surface area contributed by atoms with E-state index in [1.54, 1.807) is 30.3 Å². The molecule has 0 unspecified atom stereocenters. The fourth-order valence-corrected chi connectivity index (χ4v) is 3.22. The molecule has 7 heteroatoms. The number of carbonyl (C=O) groups excluding carboxylic acids is 1. The monoisotopic (exact) mass is 444 g/mol. The number of nitrogens with one attached hydrogen (secondary N) is 2. The van der Waals surface area contributed by atoms with Gasteiger partial charge < -0.3 is 10.6 Å². The number of ketones is 1. The maximum atomic E-state index is 13.9. The van der Waals surface area contributed by atoms with E-state index in [2.05, 4.69) is 42.5 Å². The van der Waals surface area contributed by atoms with Gasteiger partial charge in [-0.25, -0.2) is 4.39 Å². The minimum atomic E-state index is -0.433. The highest BCUT2D eigenvalue weighted by Gasteiger charge is 2.10. The Kier molecular flexibility index (Phi) is 5.66. The first-order chi connectivity index (χ1) is 10.4. The van der Waals surface area contributed by atoms with Gasteiger partial charge in [0.05, 0.1) is 5.69 Å². The van der Waals surface area contributed by atoms with Gasteiger partial charge in [0.25, 0.3) is 0 Å². The average molecular weight is 446 g/mol. The summed E-state index contributed by atoms with van der Waals surface area (Å²) in [7, 11) is 0. The number of anilines is 2. The third kappa shape index (κ3) is 4.34. The lowest BCUT2D eigenvalue weighted by Gasteiger charge is -2.13. The van der Waals surface area contributed by atoms with Crippen molar-refractivity contribution in [1.82, 2.24) is 0 Å². The molecule has 114 valence electrons. The number of hydrogen-bond donors (Lipinski definition) is 2. The Balaban J connectivity index is 2.09. The van der Waals surface area contributed by atoms with Crippen LogP contribution >= 0.6 is 44.1 Å². The second-order valence-corrected chi connectivity index (χ2v) is 6.64. The van der Waals surface area contributed by atoms with Crippen molar-refractivity contribution in [1.29, 1.82) is 0 Å². The first kappa shape index (κ1) is 17.1. The Morgan fingerprint density at radius 2 is 1.77 bits per heavy atom. The summed E-state index contributed by atoms with van der Waals surface area (Å²) in [4.78, 5) is 11.2. The van der Waals surface area contributed by atoms with Crippen molar-refractivity contribution in [2.45, 2.75) is 6.92 Å². The van der Waals surface area contributed by atoms with Crippen molar-refractivity contribution in [2.24, 2.45) is 0 Å². The Morgan fingerprint density at radius 3 is 2.32 bits per heavy atom. The van der Waals surface area contributed by atoms with E-state index in [-0.39, 0.29) is 16.6 Å². The molecule has 0 saturated carbocycles. The van der Waals surface area contributed by atoms with Gasteiger partial charge in [-0.3, -0.25) is 4.79 Å². The first-order valence-corrected chi connectivity index (χ1v) is 8.20. The summed E-state index contributed by atoms with van der Waals surface area (Å²) in [6, 6.07) is 9.93. The number of thiocarbonyl (C=S) groups is 1. The smallest absolute Gasteiger partial charge is 0.175 e. The molecule has 0 saturated heterocycles. The third-order valence-electron chi connectivity index (χ3n) is 2.79. The molecule has 2 N–H and O–H groups in total. The summed E-state index contributed by atoms with van der Waals surface area (Å²) in [5.74, 6) is -0.439. The molecule has 22 heavy (non-hydrogen) atoms. The van der Waals surface area contributed by atoms with Crippen LogP contribution in [-0.2, 0) is 0 Å². The summed E-state index contributed by atoms with van der Waals surface area (Å²) >= 11 is 11.7. The lowest BCUT2D eigenvalue weighted by molar-refractivity contribution is 0.101. The van der Waals surface area contributed by atoms with E-state index in [1.165, 1.54) is 13.0 Å². The SMILES string of the molecule is CC(=O)c1ccc(NC(=S)Nc2c(F)cc(Br)cc2Br)cc1. The molecule has 2 aromatic rings. The zero-order chi connectivity index (χ0) is 16.3. The maximum Gasteiger partial charge on any atom is 0.175 e. The molecule has 0 fully saturated rings. The number of carbonyl (C=O) groups is 1. The molecular weight excluding hydrogens is 435 g/mol. The van der Waals surface area contributed by atoms with Gasteiger partial charge in [0.2, 0.25) is 0 Å². The number of benzene rings is 2. The van der Waals surface area contributed by atoms with E-state index >= 15 is 0 Å². The van der Waals surface area contributed by atoms with Crippen LogP contribution in [0.3, 0.4) is 0 Å². The topological polar surface area (TPSA) is 41.1 Å². The minimum absolute atomic E-state index is 0.00637. The maximum absolute atomic E-state index is 13.9. The van der Waals surface area contributed by atoms with Crippen LogP contribution in [0.15, 0.2) is 45.3 Å². The van der Waals surface area contributed by atoms with Crippen LogP contribution in [0.5, 0.6) is 0 Å². The highest BCUT2D eigenvalue weighted by atomic mass is 79.9. The molecule has 0 atom stereocenters. The minimum Gasteiger partial charge on any atom is -0.332 e. The molecule has 0 heterocycles. The Bertz CT molecular complexity index is 712. The van der Waals surface area contributed by atoms with Crippen LogP contribution in [0, 0.1) is 5.82 Å². The van der Waals surface area contributed by atoms with Crippen molar-refractivity contribution in [2.75, 3.05) is 10.6 Å². The summed E-state index contributed by atoms with van der Waals surface area (Å²) in [6.45, 7) is 1.50. The van der Waals surface area contributed by atoms with Crippen molar-refractivity contribution >= 4 is 66.3 Å². The molecule has 0 aliphatic rings. The standard InChI is InChI=1S/C15H11Br2FN2OS/c1-8(21)9-2-4-11(5-3-9)19-15(22)20-14-12(17)6-10(16)7-13(14)18/h2-7H,1H3,(H2,19,20,22). The van der Waals surface area contributed by atoms with E-state index in [4.69, 9.17) is 12.2 Å². The van der Waals surface area contributed by atoms with Gasteiger partial charge in [-0.05, 0) is 71.5 Å². The number of rotatable bonds is 3. The van der Waals surface area contributed by atoms with E-state index in [9.17, 15) is 9.18 Å². The van der Waals surface area contributed by atoms with Crippen molar-refractivity contribution in [3.05, 3.63) is 56.7 Å². The van der Waals surface area contributed by atoms with E-state index in [0.29, 0.717) is 20.2 Å². The van der Waals surface area contributed by atoms with Gasteiger partial charge in [0, 0.05) is 20.2 Å². The number of Topliss-reactive ketones (excluding diaryl/α,β-unsaturated/α-hetero) is 1. The van der Waals surface area contributed by atoms with Crippen molar-refractivity contribution < 1.29 is 9.18 Å². The van der Waals surface area contributed by atoms with Gasteiger partial charge in [-0.1, -0.05) is 15.9 Å².